The van der Waals surface area contributed by atoms with Crippen LogP contribution in [0.1, 0.15) is 26.7 Å². The second-order valence-corrected chi connectivity index (χ2v) is 2.58. The molecule has 0 saturated heterocycles. The van der Waals surface area contributed by atoms with E-state index in [4.69, 9.17) is 6.42 Å². The van der Waals surface area contributed by atoms with Crippen molar-refractivity contribution in [2.24, 2.45) is 0 Å². The smallest absolute Gasteiger partial charge is 0.0803 e. The standard InChI is InChI=1S/C10H17N/c1-5-8-11(9-6-2)10(4)7-3/h3H,4-6,8-9H2,1-2H3. The third kappa shape index (κ3) is 3.72. The number of nitrogens with zero attached hydrogens (tertiary/aromatic N) is 1. The van der Waals surface area contributed by atoms with Crippen LogP contribution in [0.25, 0.3) is 0 Å². The molecule has 1 heteroatoms. The molecule has 0 aromatic carbocycles. The van der Waals surface area contributed by atoms with Crippen molar-refractivity contribution in [3.63, 3.8) is 0 Å². The number of hydrogen-bond donors (Lipinski definition) is 0. The van der Waals surface area contributed by atoms with E-state index in [0.29, 0.717) is 0 Å². The summed E-state index contributed by atoms with van der Waals surface area (Å²) >= 11 is 0. The van der Waals surface area contributed by atoms with Crippen LogP contribution in [0.5, 0.6) is 0 Å². The topological polar surface area (TPSA) is 3.24 Å². The van der Waals surface area contributed by atoms with Gasteiger partial charge in [-0.2, -0.15) is 0 Å². The van der Waals surface area contributed by atoms with Gasteiger partial charge in [-0.05, 0) is 12.8 Å². The summed E-state index contributed by atoms with van der Waals surface area (Å²) in [4.78, 5) is 2.15. The first-order chi connectivity index (χ1) is 5.26. The third-order valence-corrected chi connectivity index (χ3v) is 1.54. The molecule has 0 rings (SSSR count). The lowest BCUT2D eigenvalue weighted by molar-refractivity contribution is 0.359. The number of terminal acetylenes is 1. The van der Waals surface area contributed by atoms with Crippen LogP contribution in [-0.2, 0) is 0 Å². The zero-order chi connectivity index (χ0) is 8.69. The van der Waals surface area contributed by atoms with Crippen molar-refractivity contribution in [3.05, 3.63) is 12.3 Å². The Hall–Kier alpha value is -0.900. The molecule has 0 unspecified atom stereocenters. The van der Waals surface area contributed by atoms with Gasteiger partial charge in [-0.25, -0.2) is 0 Å². The van der Waals surface area contributed by atoms with Crippen LogP contribution in [0, 0.1) is 12.3 Å². The van der Waals surface area contributed by atoms with Gasteiger partial charge in [0.05, 0.1) is 5.70 Å². The van der Waals surface area contributed by atoms with Gasteiger partial charge >= 0.3 is 0 Å². The minimum Gasteiger partial charge on any atom is -0.365 e. The lowest BCUT2D eigenvalue weighted by Crippen LogP contribution is -2.23. The number of allylic oxidation sites excluding steroid dienone is 1. The summed E-state index contributed by atoms with van der Waals surface area (Å²) in [6.45, 7) is 10.1. The molecule has 0 heterocycles. The van der Waals surface area contributed by atoms with E-state index < -0.39 is 0 Å². The minimum atomic E-state index is 0.814. The molecule has 62 valence electrons. The van der Waals surface area contributed by atoms with E-state index >= 15 is 0 Å². The molecule has 0 spiro atoms. The quantitative estimate of drug-likeness (QED) is 0.545. The van der Waals surface area contributed by atoms with Crippen molar-refractivity contribution in [1.29, 1.82) is 0 Å². The molecule has 0 atom stereocenters. The van der Waals surface area contributed by atoms with Gasteiger partial charge in [-0.3, -0.25) is 0 Å². The first-order valence-corrected chi connectivity index (χ1v) is 4.16. The highest BCUT2D eigenvalue weighted by Gasteiger charge is 2.01. The number of rotatable bonds is 5. The average molecular weight is 151 g/mol. The van der Waals surface area contributed by atoms with Gasteiger partial charge < -0.3 is 4.90 Å². The predicted molar refractivity (Wildman–Crippen MR) is 50.1 cm³/mol. The first kappa shape index (κ1) is 10.1. The Balaban J connectivity index is 3.89. The van der Waals surface area contributed by atoms with Gasteiger partial charge in [0, 0.05) is 13.1 Å². The Labute approximate surface area is 70.1 Å². The molecule has 0 aliphatic heterocycles. The monoisotopic (exact) mass is 151 g/mol. The first-order valence-electron chi connectivity index (χ1n) is 4.16. The van der Waals surface area contributed by atoms with Crippen molar-refractivity contribution < 1.29 is 0 Å². The molecule has 0 saturated carbocycles. The van der Waals surface area contributed by atoms with Crippen LogP contribution in [0.15, 0.2) is 12.3 Å². The average Bonchev–Trinajstić information content (AvgIpc) is 2.03. The maximum absolute atomic E-state index is 5.24. The zero-order valence-electron chi connectivity index (χ0n) is 7.56. The summed E-state index contributed by atoms with van der Waals surface area (Å²) in [5.41, 5.74) is 0.814. The van der Waals surface area contributed by atoms with Crippen LogP contribution in [0.4, 0.5) is 0 Å². The van der Waals surface area contributed by atoms with Gasteiger partial charge in [0.1, 0.15) is 0 Å². The molecular formula is C10H17N. The van der Waals surface area contributed by atoms with Crippen molar-refractivity contribution in [2.75, 3.05) is 13.1 Å². The van der Waals surface area contributed by atoms with Crippen molar-refractivity contribution >= 4 is 0 Å². The van der Waals surface area contributed by atoms with E-state index in [1.165, 1.54) is 0 Å². The molecule has 0 fully saturated rings. The fraction of sp³-hybridized carbons (Fsp3) is 0.600. The fourth-order valence-electron chi connectivity index (χ4n) is 1.01. The maximum atomic E-state index is 5.24. The fourth-order valence-corrected chi connectivity index (χ4v) is 1.01. The third-order valence-electron chi connectivity index (χ3n) is 1.54. The van der Waals surface area contributed by atoms with E-state index in [2.05, 4.69) is 31.2 Å². The van der Waals surface area contributed by atoms with Gasteiger partial charge in [-0.15, -0.1) is 6.42 Å². The zero-order valence-corrected chi connectivity index (χ0v) is 7.56. The summed E-state index contributed by atoms with van der Waals surface area (Å²) in [6, 6.07) is 0. The van der Waals surface area contributed by atoms with Gasteiger partial charge in [-0.1, -0.05) is 26.3 Å². The highest BCUT2D eigenvalue weighted by atomic mass is 15.1. The predicted octanol–water partition coefficient (Wildman–Crippen LogP) is 2.26. The summed E-state index contributed by atoms with van der Waals surface area (Å²) in [6.07, 6.45) is 7.49. The highest BCUT2D eigenvalue weighted by molar-refractivity contribution is 5.19. The SMILES string of the molecule is C#CC(=C)N(CCC)CCC. The van der Waals surface area contributed by atoms with Crippen molar-refractivity contribution in [2.45, 2.75) is 26.7 Å². The summed E-state index contributed by atoms with van der Waals surface area (Å²) in [5.74, 6) is 2.57. The summed E-state index contributed by atoms with van der Waals surface area (Å²) in [7, 11) is 0. The van der Waals surface area contributed by atoms with Crippen LogP contribution >= 0.6 is 0 Å². The Kier molecular flexibility index (Phi) is 5.37. The Morgan fingerprint density at radius 1 is 1.36 bits per heavy atom. The molecule has 0 aromatic heterocycles. The van der Waals surface area contributed by atoms with E-state index in [9.17, 15) is 0 Å². The molecule has 11 heavy (non-hydrogen) atoms. The molecule has 0 amide bonds. The largest absolute Gasteiger partial charge is 0.365 e. The van der Waals surface area contributed by atoms with Crippen molar-refractivity contribution in [1.82, 2.24) is 4.90 Å². The van der Waals surface area contributed by atoms with Gasteiger partial charge in [0.25, 0.3) is 0 Å². The van der Waals surface area contributed by atoms with E-state index in [1.807, 2.05) is 0 Å². The molecular weight excluding hydrogens is 134 g/mol. The lowest BCUT2D eigenvalue weighted by atomic mass is 10.3. The molecule has 1 nitrogen and oxygen atoms in total. The molecule has 0 radical (unpaired) electrons. The lowest BCUT2D eigenvalue weighted by Gasteiger charge is -2.21. The minimum absolute atomic E-state index is 0.814. The summed E-state index contributed by atoms with van der Waals surface area (Å²) in [5, 5.41) is 0. The second-order valence-electron chi connectivity index (χ2n) is 2.58. The maximum Gasteiger partial charge on any atom is 0.0803 e. The molecule has 0 aliphatic rings. The second kappa shape index (κ2) is 5.85. The van der Waals surface area contributed by atoms with Gasteiger partial charge in [0.15, 0.2) is 0 Å². The van der Waals surface area contributed by atoms with Crippen LogP contribution in [-0.4, -0.2) is 18.0 Å². The van der Waals surface area contributed by atoms with E-state index in [1.54, 1.807) is 0 Å². The van der Waals surface area contributed by atoms with Gasteiger partial charge in [0.2, 0.25) is 0 Å². The Morgan fingerprint density at radius 2 is 1.82 bits per heavy atom. The summed E-state index contributed by atoms with van der Waals surface area (Å²) < 4.78 is 0. The molecule has 0 bridgehead atoms. The van der Waals surface area contributed by atoms with Crippen LogP contribution in [0.3, 0.4) is 0 Å². The normalized spacial score (nSPS) is 8.82. The molecule has 0 aromatic rings. The Morgan fingerprint density at radius 3 is 2.09 bits per heavy atom. The van der Waals surface area contributed by atoms with Crippen LogP contribution < -0.4 is 0 Å². The van der Waals surface area contributed by atoms with E-state index in [0.717, 1.165) is 31.6 Å². The molecule has 0 N–H and O–H groups in total. The Bertz CT molecular complexity index is 147. The van der Waals surface area contributed by atoms with Crippen molar-refractivity contribution in [3.8, 4) is 12.3 Å². The number of hydrogen-bond acceptors (Lipinski definition) is 1. The highest BCUT2D eigenvalue weighted by Crippen LogP contribution is 2.02. The molecule has 0 aliphatic carbocycles. The van der Waals surface area contributed by atoms with E-state index in [-0.39, 0.29) is 0 Å². The van der Waals surface area contributed by atoms with Crippen LogP contribution in [0.2, 0.25) is 0 Å².